The third-order valence-corrected chi connectivity index (χ3v) is 2.71. The fourth-order valence-electron chi connectivity index (χ4n) is 1.13. The first-order valence-electron chi connectivity index (χ1n) is 4.70. The molecule has 0 aromatic carbocycles. The molecule has 0 aliphatic carbocycles. The van der Waals surface area contributed by atoms with Gasteiger partial charge >= 0.3 is 0 Å². The Kier molecular flexibility index (Phi) is 6.75. The Labute approximate surface area is 79.1 Å². The fourth-order valence-corrected chi connectivity index (χ4v) is 1.85. The largest absolute Gasteiger partial charge is 0.315 e. The third kappa shape index (κ3) is 5.83. The summed E-state index contributed by atoms with van der Waals surface area (Å²) >= 11 is 1.96. The predicted molar refractivity (Wildman–Crippen MR) is 55.7 cm³/mol. The molecule has 0 saturated carbocycles. The van der Waals surface area contributed by atoms with Gasteiger partial charge in [0.25, 0.3) is 0 Å². The zero-order valence-corrected chi connectivity index (χ0v) is 8.38. The average molecular weight is 189 g/mol. The monoisotopic (exact) mass is 189 g/mol. The third-order valence-electron chi connectivity index (χ3n) is 1.81. The molecule has 0 amide bonds. The van der Waals surface area contributed by atoms with Gasteiger partial charge in [-0.25, -0.2) is 0 Å². The van der Waals surface area contributed by atoms with E-state index in [1.807, 2.05) is 11.8 Å². The molecule has 0 bridgehead atoms. The van der Waals surface area contributed by atoms with Crippen LogP contribution in [0.3, 0.4) is 0 Å². The minimum atomic E-state index is 1.14. The summed E-state index contributed by atoms with van der Waals surface area (Å²) in [6.45, 7) is 5.87. The highest BCUT2D eigenvalue weighted by Gasteiger charge is 1.93. The van der Waals surface area contributed by atoms with Gasteiger partial charge in [0.15, 0.2) is 0 Å². The summed E-state index contributed by atoms with van der Waals surface area (Å²) in [7, 11) is 0. The Morgan fingerprint density at radius 2 is 1.50 bits per heavy atom. The summed E-state index contributed by atoms with van der Waals surface area (Å²) in [5.74, 6) is 2.47. The molecule has 0 spiro atoms. The molecular weight excluding hydrogens is 170 g/mol. The first-order chi connectivity index (χ1) is 6.00. The molecule has 4 heteroatoms. The van der Waals surface area contributed by atoms with Gasteiger partial charge in [-0.1, -0.05) is 0 Å². The lowest BCUT2D eigenvalue weighted by atomic mass is 10.4. The summed E-state index contributed by atoms with van der Waals surface area (Å²) in [6.07, 6.45) is 1.28. The van der Waals surface area contributed by atoms with Crippen LogP contribution in [0.2, 0.25) is 0 Å². The Morgan fingerprint density at radius 3 is 1.92 bits per heavy atom. The number of hydrogen-bond donors (Lipinski definition) is 3. The molecule has 2 heterocycles. The molecule has 2 aliphatic heterocycles. The van der Waals surface area contributed by atoms with Gasteiger partial charge < -0.3 is 16.0 Å². The summed E-state index contributed by atoms with van der Waals surface area (Å²) < 4.78 is 0. The van der Waals surface area contributed by atoms with Crippen molar-refractivity contribution < 1.29 is 0 Å². The van der Waals surface area contributed by atoms with E-state index in [1.165, 1.54) is 37.7 Å². The van der Waals surface area contributed by atoms with Gasteiger partial charge in [0.1, 0.15) is 0 Å². The van der Waals surface area contributed by atoms with Crippen molar-refractivity contribution in [3.05, 3.63) is 0 Å². The molecule has 0 atom stereocenters. The summed E-state index contributed by atoms with van der Waals surface area (Å²) in [5, 5.41) is 9.75. The van der Waals surface area contributed by atoms with Crippen molar-refractivity contribution in [2.75, 3.05) is 44.4 Å². The maximum absolute atomic E-state index is 3.28. The van der Waals surface area contributed by atoms with Crippen molar-refractivity contribution >= 4 is 11.8 Å². The number of thioether (sulfide) groups is 1. The minimum absolute atomic E-state index is 1.14. The lowest BCUT2D eigenvalue weighted by molar-refractivity contribution is 0.718. The second-order valence-electron chi connectivity index (χ2n) is 2.91. The van der Waals surface area contributed by atoms with Crippen molar-refractivity contribution in [2.24, 2.45) is 0 Å². The normalized spacial score (nSPS) is 24.0. The molecule has 0 aromatic rings. The van der Waals surface area contributed by atoms with Crippen molar-refractivity contribution in [1.82, 2.24) is 16.0 Å². The Morgan fingerprint density at radius 1 is 0.750 bits per heavy atom. The highest BCUT2D eigenvalue weighted by molar-refractivity contribution is 7.99. The maximum atomic E-state index is 3.28. The van der Waals surface area contributed by atoms with Gasteiger partial charge in [0.2, 0.25) is 0 Å². The lowest BCUT2D eigenvalue weighted by Gasteiger charge is -1.92. The quantitative estimate of drug-likeness (QED) is 0.495. The number of nitrogens with one attached hydrogen (secondary N) is 3. The van der Waals surface area contributed by atoms with E-state index in [4.69, 9.17) is 0 Å². The van der Waals surface area contributed by atoms with Crippen LogP contribution >= 0.6 is 11.8 Å². The van der Waals surface area contributed by atoms with Crippen LogP contribution in [0.5, 0.6) is 0 Å². The van der Waals surface area contributed by atoms with Crippen LogP contribution < -0.4 is 16.0 Å². The standard InChI is InChI=1S/C5H12N2.C3H7NS/c1-2-6-4-5-7-3-1;1-2-5-3-4-1/h6-7H,1-5H2;4H,1-3H2. The van der Waals surface area contributed by atoms with Crippen LogP contribution in [-0.2, 0) is 0 Å². The van der Waals surface area contributed by atoms with E-state index in [2.05, 4.69) is 16.0 Å². The molecular formula is C8H19N3S. The van der Waals surface area contributed by atoms with E-state index in [9.17, 15) is 0 Å². The fraction of sp³-hybridized carbons (Fsp3) is 1.00. The SMILES string of the molecule is C1CNCCNC1.C1CSCN1. The van der Waals surface area contributed by atoms with E-state index in [0.29, 0.717) is 0 Å². The highest BCUT2D eigenvalue weighted by Crippen LogP contribution is 1.99. The minimum Gasteiger partial charge on any atom is -0.315 e. The molecule has 72 valence electrons. The molecule has 0 aromatic heterocycles. The molecule has 12 heavy (non-hydrogen) atoms. The first-order valence-corrected chi connectivity index (χ1v) is 5.85. The van der Waals surface area contributed by atoms with Gasteiger partial charge in [0, 0.05) is 31.3 Å². The van der Waals surface area contributed by atoms with Crippen molar-refractivity contribution in [3.63, 3.8) is 0 Å². The lowest BCUT2D eigenvalue weighted by Crippen LogP contribution is -2.21. The van der Waals surface area contributed by atoms with Crippen molar-refractivity contribution in [2.45, 2.75) is 6.42 Å². The molecule has 2 aliphatic rings. The summed E-state index contributed by atoms with van der Waals surface area (Å²) in [5.41, 5.74) is 0. The molecule has 2 rings (SSSR count). The average Bonchev–Trinajstić information content (AvgIpc) is 2.54. The Bertz CT molecular complexity index is 69.0. The van der Waals surface area contributed by atoms with Gasteiger partial charge in [0.05, 0.1) is 0 Å². The van der Waals surface area contributed by atoms with Crippen molar-refractivity contribution in [3.8, 4) is 0 Å². The number of rotatable bonds is 0. The zero-order chi connectivity index (χ0) is 8.49. The van der Waals surface area contributed by atoms with E-state index >= 15 is 0 Å². The number of hydrogen-bond acceptors (Lipinski definition) is 4. The van der Waals surface area contributed by atoms with E-state index < -0.39 is 0 Å². The van der Waals surface area contributed by atoms with E-state index in [-0.39, 0.29) is 0 Å². The van der Waals surface area contributed by atoms with Crippen LogP contribution in [0.25, 0.3) is 0 Å². The molecule has 3 N–H and O–H groups in total. The molecule has 2 fully saturated rings. The van der Waals surface area contributed by atoms with Gasteiger partial charge in [-0.15, -0.1) is 11.8 Å². The van der Waals surface area contributed by atoms with E-state index in [0.717, 1.165) is 13.1 Å². The topological polar surface area (TPSA) is 36.1 Å². The predicted octanol–water partition coefficient (Wildman–Crippen LogP) is -0.150. The van der Waals surface area contributed by atoms with Crippen LogP contribution in [-0.4, -0.2) is 44.4 Å². The maximum Gasteiger partial charge on any atom is 0.0418 e. The molecule has 3 nitrogen and oxygen atoms in total. The molecule has 2 saturated heterocycles. The smallest absolute Gasteiger partial charge is 0.0418 e. The van der Waals surface area contributed by atoms with Crippen molar-refractivity contribution in [1.29, 1.82) is 0 Å². The van der Waals surface area contributed by atoms with Crippen LogP contribution in [0, 0.1) is 0 Å². The van der Waals surface area contributed by atoms with Crippen LogP contribution in [0.4, 0.5) is 0 Å². The second kappa shape index (κ2) is 7.86. The molecule has 0 radical (unpaired) electrons. The van der Waals surface area contributed by atoms with Gasteiger partial charge in [-0.3, -0.25) is 0 Å². The summed E-state index contributed by atoms with van der Waals surface area (Å²) in [6, 6.07) is 0. The molecule has 0 unspecified atom stereocenters. The Balaban J connectivity index is 0.000000127. The van der Waals surface area contributed by atoms with Gasteiger partial charge in [-0.2, -0.15) is 0 Å². The van der Waals surface area contributed by atoms with E-state index in [1.54, 1.807) is 0 Å². The Hall–Kier alpha value is 0.230. The summed E-state index contributed by atoms with van der Waals surface area (Å²) in [4.78, 5) is 0. The zero-order valence-electron chi connectivity index (χ0n) is 7.57. The second-order valence-corrected chi connectivity index (χ2v) is 4.01. The van der Waals surface area contributed by atoms with Crippen LogP contribution in [0.15, 0.2) is 0 Å². The highest BCUT2D eigenvalue weighted by atomic mass is 32.2. The van der Waals surface area contributed by atoms with Crippen LogP contribution in [0.1, 0.15) is 6.42 Å². The first kappa shape index (κ1) is 10.3. The van der Waals surface area contributed by atoms with Gasteiger partial charge in [-0.05, 0) is 19.5 Å².